The Morgan fingerprint density at radius 2 is 2.06 bits per heavy atom. The van der Waals surface area contributed by atoms with Gasteiger partial charge in [-0.3, -0.25) is 5.43 Å². The Hall–Kier alpha value is -1.66. The van der Waals surface area contributed by atoms with Crippen molar-refractivity contribution in [2.45, 2.75) is 10.8 Å². The summed E-state index contributed by atoms with van der Waals surface area (Å²) in [6.45, 7) is 0. The minimum absolute atomic E-state index is 0.210. The number of thioether (sulfide) groups is 1. The van der Waals surface area contributed by atoms with Crippen molar-refractivity contribution in [3.63, 3.8) is 0 Å². The molecule has 0 aliphatic carbocycles. The molecule has 0 saturated carbocycles. The minimum atomic E-state index is -0.440. The Balaban J connectivity index is 2.08. The van der Waals surface area contributed by atoms with Crippen molar-refractivity contribution in [1.29, 1.82) is 0 Å². The van der Waals surface area contributed by atoms with E-state index in [1.807, 2.05) is 30.3 Å². The first-order chi connectivity index (χ1) is 8.29. The second kappa shape index (κ2) is 5.60. The topological polar surface area (TPSA) is 63.8 Å². The van der Waals surface area contributed by atoms with Gasteiger partial charge in [0.25, 0.3) is 0 Å². The van der Waals surface area contributed by atoms with Gasteiger partial charge in [0.2, 0.25) is 5.95 Å². The van der Waals surface area contributed by atoms with Gasteiger partial charge < -0.3 is 0 Å². The van der Waals surface area contributed by atoms with Crippen molar-refractivity contribution in [3.05, 3.63) is 47.9 Å². The SMILES string of the molecule is NNc1ncc(F)c(SCc2ccccc2)n1. The summed E-state index contributed by atoms with van der Waals surface area (Å²) in [6, 6.07) is 9.79. The number of hydrogen-bond acceptors (Lipinski definition) is 5. The van der Waals surface area contributed by atoms with E-state index >= 15 is 0 Å². The second-order valence-corrected chi connectivity index (χ2v) is 4.23. The van der Waals surface area contributed by atoms with Crippen LogP contribution in [-0.4, -0.2) is 9.97 Å². The molecule has 0 spiro atoms. The molecule has 0 fully saturated rings. The third-order valence-electron chi connectivity index (χ3n) is 2.06. The van der Waals surface area contributed by atoms with Crippen molar-refractivity contribution < 1.29 is 4.39 Å². The summed E-state index contributed by atoms with van der Waals surface area (Å²) in [7, 11) is 0. The smallest absolute Gasteiger partial charge is 0.238 e. The molecule has 0 unspecified atom stereocenters. The summed E-state index contributed by atoms with van der Waals surface area (Å²) in [5, 5.41) is 0.289. The van der Waals surface area contributed by atoms with Crippen LogP contribution in [0.2, 0.25) is 0 Å². The molecule has 2 aromatic rings. The van der Waals surface area contributed by atoms with Crippen molar-refractivity contribution >= 4 is 17.7 Å². The van der Waals surface area contributed by atoms with Crippen molar-refractivity contribution in [2.75, 3.05) is 5.43 Å². The Morgan fingerprint density at radius 1 is 1.29 bits per heavy atom. The quantitative estimate of drug-likeness (QED) is 0.377. The molecule has 1 heterocycles. The number of nitrogen functional groups attached to an aromatic ring is 1. The number of nitrogens with one attached hydrogen (secondary N) is 1. The fraction of sp³-hybridized carbons (Fsp3) is 0.0909. The summed E-state index contributed by atoms with van der Waals surface area (Å²) in [5.41, 5.74) is 3.40. The van der Waals surface area contributed by atoms with E-state index < -0.39 is 5.82 Å². The number of aromatic nitrogens is 2. The number of nitrogens with zero attached hydrogens (tertiary/aromatic N) is 2. The van der Waals surface area contributed by atoms with Gasteiger partial charge in [-0.15, -0.1) is 0 Å². The third-order valence-corrected chi connectivity index (χ3v) is 3.10. The molecule has 1 aromatic carbocycles. The van der Waals surface area contributed by atoms with Crippen LogP contribution < -0.4 is 11.3 Å². The number of anilines is 1. The molecule has 2 rings (SSSR count). The molecule has 0 radical (unpaired) electrons. The van der Waals surface area contributed by atoms with E-state index in [0.717, 1.165) is 11.8 Å². The highest BCUT2D eigenvalue weighted by Gasteiger charge is 2.07. The van der Waals surface area contributed by atoms with Crippen molar-refractivity contribution in [3.8, 4) is 0 Å². The molecule has 1 aromatic heterocycles. The number of rotatable bonds is 4. The van der Waals surface area contributed by atoms with E-state index in [2.05, 4.69) is 15.4 Å². The zero-order valence-electron chi connectivity index (χ0n) is 8.93. The fourth-order valence-electron chi connectivity index (χ4n) is 1.25. The maximum absolute atomic E-state index is 13.4. The molecule has 88 valence electrons. The second-order valence-electron chi connectivity index (χ2n) is 3.27. The van der Waals surface area contributed by atoms with Crippen LogP contribution in [0.25, 0.3) is 0 Å². The number of hydrogen-bond donors (Lipinski definition) is 2. The van der Waals surface area contributed by atoms with Gasteiger partial charge in [-0.2, -0.15) is 0 Å². The first-order valence-electron chi connectivity index (χ1n) is 4.95. The normalized spacial score (nSPS) is 10.2. The molecule has 6 heteroatoms. The average molecular weight is 250 g/mol. The molecule has 0 amide bonds. The maximum Gasteiger partial charge on any atom is 0.238 e. The van der Waals surface area contributed by atoms with E-state index in [1.54, 1.807) is 0 Å². The standard InChI is InChI=1S/C11H11FN4S/c12-9-6-14-11(16-13)15-10(9)17-7-8-4-2-1-3-5-8/h1-6H,7,13H2,(H,14,15,16). The fourth-order valence-corrected chi connectivity index (χ4v) is 2.09. The lowest BCUT2D eigenvalue weighted by molar-refractivity contribution is 0.580. The van der Waals surface area contributed by atoms with Gasteiger partial charge in [-0.25, -0.2) is 20.2 Å². The van der Waals surface area contributed by atoms with Crippen LogP contribution in [0.1, 0.15) is 5.56 Å². The molecule has 0 aliphatic heterocycles. The van der Waals surface area contributed by atoms with Gasteiger partial charge in [-0.1, -0.05) is 42.1 Å². The highest BCUT2D eigenvalue weighted by atomic mass is 32.2. The van der Waals surface area contributed by atoms with Gasteiger partial charge in [0.1, 0.15) is 5.03 Å². The molecule has 3 N–H and O–H groups in total. The van der Waals surface area contributed by atoms with Gasteiger partial charge in [0.15, 0.2) is 5.82 Å². The summed E-state index contributed by atoms with van der Waals surface area (Å²) in [4.78, 5) is 7.62. The van der Waals surface area contributed by atoms with E-state index in [0.29, 0.717) is 5.75 Å². The lowest BCUT2D eigenvalue weighted by Gasteiger charge is -2.04. The number of halogens is 1. The largest absolute Gasteiger partial charge is 0.292 e. The van der Waals surface area contributed by atoms with Crippen LogP contribution >= 0.6 is 11.8 Å². The zero-order chi connectivity index (χ0) is 12.1. The Bertz CT molecular complexity index is 492. The van der Waals surface area contributed by atoms with Gasteiger partial charge in [0, 0.05) is 5.75 Å². The highest BCUT2D eigenvalue weighted by Crippen LogP contribution is 2.23. The highest BCUT2D eigenvalue weighted by molar-refractivity contribution is 7.98. The van der Waals surface area contributed by atoms with Crippen LogP contribution in [0.4, 0.5) is 10.3 Å². The summed E-state index contributed by atoms with van der Waals surface area (Å²) < 4.78 is 13.4. The van der Waals surface area contributed by atoms with Crippen LogP contribution in [0.3, 0.4) is 0 Å². The predicted molar refractivity (Wildman–Crippen MR) is 65.8 cm³/mol. The molecule has 0 saturated heterocycles. The van der Waals surface area contributed by atoms with E-state index in [4.69, 9.17) is 5.84 Å². The monoisotopic (exact) mass is 250 g/mol. The average Bonchev–Trinajstić information content (AvgIpc) is 2.39. The molecule has 0 atom stereocenters. The van der Waals surface area contributed by atoms with E-state index in [-0.39, 0.29) is 11.0 Å². The number of nitrogens with two attached hydrogens (primary N) is 1. The lowest BCUT2D eigenvalue weighted by Crippen LogP contribution is -2.11. The maximum atomic E-state index is 13.4. The zero-order valence-corrected chi connectivity index (χ0v) is 9.75. The van der Waals surface area contributed by atoms with Crippen molar-refractivity contribution in [1.82, 2.24) is 9.97 Å². The van der Waals surface area contributed by atoms with E-state index in [9.17, 15) is 4.39 Å². The lowest BCUT2D eigenvalue weighted by atomic mass is 10.2. The summed E-state index contributed by atoms with van der Waals surface area (Å²) in [6.07, 6.45) is 1.11. The number of benzene rings is 1. The van der Waals surface area contributed by atoms with Crippen LogP contribution in [0.15, 0.2) is 41.6 Å². The summed E-state index contributed by atoms with van der Waals surface area (Å²) >= 11 is 1.31. The van der Waals surface area contributed by atoms with Gasteiger partial charge in [0.05, 0.1) is 6.20 Å². The molecule has 4 nitrogen and oxygen atoms in total. The number of hydrazine groups is 1. The van der Waals surface area contributed by atoms with Crippen LogP contribution in [-0.2, 0) is 5.75 Å². The van der Waals surface area contributed by atoms with E-state index in [1.165, 1.54) is 11.8 Å². The third kappa shape index (κ3) is 3.15. The first kappa shape index (κ1) is 11.8. The Labute approximate surface area is 102 Å². The molecular weight excluding hydrogens is 239 g/mol. The van der Waals surface area contributed by atoms with Gasteiger partial charge in [-0.05, 0) is 5.56 Å². The molecule has 0 bridgehead atoms. The predicted octanol–water partition coefficient (Wildman–Crippen LogP) is 2.19. The molecule has 17 heavy (non-hydrogen) atoms. The Kier molecular flexibility index (Phi) is 3.89. The summed E-state index contributed by atoms with van der Waals surface area (Å²) in [5.74, 6) is 5.59. The minimum Gasteiger partial charge on any atom is -0.292 e. The molecular formula is C11H11FN4S. The van der Waals surface area contributed by atoms with Crippen LogP contribution in [0, 0.1) is 5.82 Å². The first-order valence-corrected chi connectivity index (χ1v) is 5.94. The van der Waals surface area contributed by atoms with Gasteiger partial charge >= 0.3 is 0 Å². The van der Waals surface area contributed by atoms with Crippen LogP contribution in [0.5, 0.6) is 0 Å². The van der Waals surface area contributed by atoms with Crippen molar-refractivity contribution in [2.24, 2.45) is 5.84 Å². The molecule has 0 aliphatic rings. The Morgan fingerprint density at radius 3 is 2.76 bits per heavy atom.